The van der Waals surface area contributed by atoms with Crippen LogP contribution in [-0.4, -0.2) is 24.6 Å². The van der Waals surface area contributed by atoms with E-state index in [1.165, 1.54) is 18.2 Å². The highest BCUT2D eigenvalue weighted by molar-refractivity contribution is 5.68. The Morgan fingerprint density at radius 2 is 1.95 bits per heavy atom. The van der Waals surface area contributed by atoms with Gasteiger partial charge in [-0.15, -0.1) is 13.2 Å². The molecule has 22 heavy (non-hydrogen) atoms. The van der Waals surface area contributed by atoms with Gasteiger partial charge in [0, 0.05) is 6.54 Å². The topological polar surface area (TPSA) is 73.6 Å². The number of carbonyl (C=O) groups is 1. The van der Waals surface area contributed by atoms with Crippen LogP contribution < -0.4 is 15.8 Å². The van der Waals surface area contributed by atoms with Crippen molar-refractivity contribution in [1.82, 2.24) is 5.32 Å². The first kappa shape index (κ1) is 18.1. The van der Waals surface area contributed by atoms with Crippen molar-refractivity contribution < 1.29 is 27.4 Å². The summed E-state index contributed by atoms with van der Waals surface area (Å²) in [5.41, 5.74) is 5.26. The van der Waals surface area contributed by atoms with Crippen LogP contribution in [0, 0.1) is 0 Å². The number of rotatable bonds is 4. The number of benzene rings is 1. The van der Waals surface area contributed by atoms with Crippen molar-refractivity contribution in [2.24, 2.45) is 5.73 Å². The lowest BCUT2D eigenvalue weighted by molar-refractivity contribution is -0.274. The molecule has 0 aromatic heterocycles. The van der Waals surface area contributed by atoms with Gasteiger partial charge in [-0.3, -0.25) is 0 Å². The first-order valence-corrected chi connectivity index (χ1v) is 6.55. The van der Waals surface area contributed by atoms with Crippen LogP contribution in [0.3, 0.4) is 0 Å². The lowest BCUT2D eigenvalue weighted by atomic mass is 10.1. The number of nitrogens with two attached hydrogens (primary N) is 1. The molecule has 1 aromatic carbocycles. The molecule has 0 spiro atoms. The zero-order valence-electron chi connectivity index (χ0n) is 12.5. The van der Waals surface area contributed by atoms with E-state index in [9.17, 15) is 18.0 Å². The lowest BCUT2D eigenvalue weighted by Gasteiger charge is -2.23. The highest BCUT2D eigenvalue weighted by Crippen LogP contribution is 2.25. The molecule has 1 aromatic rings. The van der Waals surface area contributed by atoms with E-state index in [0.29, 0.717) is 5.56 Å². The maximum atomic E-state index is 12.2. The Bertz CT molecular complexity index is 513. The van der Waals surface area contributed by atoms with E-state index in [2.05, 4.69) is 10.1 Å². The standard InChI is InChI=1S/C14H19F3N2O3/c1-13(2,3)22-12(20)19-11(8-18)9-5-4-6-10(7-9)21-14(15,16)17/h4-7,11H,8,18H2,1-3H3,(H,19,20). The zero-order chi connectivity index (χ0) is 17.0. The van der Waals surface area contributed by atoms with Gasteiger partial charge in [-0.2, -0.15) is 0 Å². The van der Waals surface area contributed by atoms with Crippen LogP contribution in [0.15, 0.2) is 24.3 Å². The number of hydrogen-bond donors (Lipinski definition) is 2. The van der Waals surface area contributed by atoms with Crippen molar-refractivity contribution in [2.45, 2.75) is 38.8 Å². The van der Waals surface area contributed by atoms with Gasteiger partial charge >= 0.3 is 12.5 Å². The fraction of sp³-hybridized carbons (Fsp3) is 0.500. The molecule has 0 radical (unpaired) electrons. The Labute approximate surface area is 126 Å². The zero-order valence-corrected chi connectivity index (χ0v) is 12.5. The number of amides is 1. The number of hydrogen-bond acceptors (Lipinski definition) is 4. The van der Waals surface area contributed by atoms with E-state index < -0.39 is 24.1 Å². The molecule has 5 nitrogen and oxygen atoms in total. The summed E-state index contributed by atoms with van der Waals surface area (Å²) < 4.78 is 45.6. The molecule has 0 aliphatic carbocycles. The minimum absolute atomic E-state index is 0.00524. The molecular formula is C14H19F3N2O3. The average molecular weight is 320 g/mol. The van der Waals surface area contributed by atoms with Crippen LogP contribution in [0.4, 0.5) is 18.0 Å². The molecule has 1 amide bonds. The van der Waals surface area contributed by atoms with E-state index >= 15 is 0 Å². The summed E-state index contributed by atoms with van der Waals surface area (Å²) in [5, 5.41) is 2.51. The molecule has 1 unspecified atom stereocenters. The van der Waals surface area contributed by atoms with Gasteiger partial charge in [-0.05, 0) is 38.5 Å². The maximum absolute atomic E-state index is 12.2. The summed E-state index contributed by atoms with van der Waals surface area (Å²) in [4.78, 5) is 11.7. The van der Waals surface area contributed by atoms with Crippen molar-refractivity contribution >= 4 is 6.09 Å². The number of alkyl carbamates (subject to hydrolysis) is 1. The molecular weight excluding hydrogens is 301 g/mol. The third-order valence-electron chi connectivity index (χ3n) is 2.42. The monoisotopic (exact) mass is 320 g/mol. The van der Waals surface area contributed by atoms with Crippen LogP contribution >= 0.6 is 0 Å². The van der Waals surface area contributed by atoms with Gasteiger partial charge < -0.3 is 20.5 Å². The number of halogens is 3. The number of carbonyl (C=O) groups excluding carboxylic acids is 1. The smallest absolute Gasteiger partial charge is 0.444 e. The van der Waals surface area contributed by atoms with E-state index in [4.69, 9.17) is 10.5 Å². The quantitative estimate of drug-likeness (QED) is 0.894. The molecule has 0 bridgehead atoms. The van der Waals surface area contributed by atoms with Crippen LogP contribution in [-0.2, 0) is 4.74 Å². The molecule has 0 saturated carbocycles. The highest BCUT2D eigenvalue weighted by Gasteiger charge is 2.31. The molecule has 0 aliphatic heterocycles. The molecule has 0 fully saturated rings. The minimum atomic E-state index is -4.78. The van der Waals surface area contributed by atoms with Gasteiger partial charge in [0.1, 0.15) is 11.4 Å². The van der Waals surface area contributed by atoms with Crippen molar-refractivity contribution in [3.8, 4) is 5.75 Å². The summed E-state index contributed by atoms with van der Waals surface area (Å²) in [6.07, 6.45) is -5.49. The van der Waals surface area contributed by atoms with Gasteiger partial charge in [0.05, 0.1) is 6.04 Å². The number of nitrogens with one attached hydrogen (secondary N) is 1. The van der Waals surface area contributed by atoms with Gasteiger partial charge in [0.15, 0.2) is 0 Å². The lowest BCUT2D eigenvalue weighted by Crippen LogP contribution is -2.37. The number of ether oxygens (including phenoxy) is 2. The SMILES string of the molecule is CC(C)(C)OC(=O)NC(CN)c1cccc(OC(F)(F)F)c1. The molecule has 1 rings (SSSR count). The van der Waals surface area contributed by atoms with Crippen LogP contribution in [0.2, 0.25) is 0 Å². The Balaban J connectivity index is 2.82. The summed E-state index contributed by atoms with van der Waals surface area (Å²) in [7, 11) is 0. The minimum Gasteiger partial charge on any atom is -0.444 e. The van der Waals surface area contributed by atoms with E-state index in [1.54, 1.807) is 20.8 Å². The van der Waals surface area contributed by atoms with E-state index in [-0.39, 0.29) is 12.3 Å². The van der Waals surface area contributed by atoms with Gasteiger partial charge in [0.25, 0.3) is 0 Å². The van der Waals surface area contributed by atoms with Crippen LogP contribution in [0.25, 0.3) is 0 Å². The summed E-state index contributed by atoms with van der Waals surface area (Å²) in [6, 6.07) is 4.57. The van der Waals surface area contributed by atoms with Crippen molar-refractivity contribution in [2.75, 3.05) is 6.54 Å². The van der Waals surface area contributed by atoms with Gasteiger partial charge in [-0.1, -0.05) is 12.1 Å². The second-order valence-electron chi connectivity index (χ2n) is 5.55. The molecule has 3 N–H and O–H groups in total. The third kappa shape index (κ3) is 6.66. The maximum Gasteiger partial charge on any atom is 0.573 e. The fourth-order valence-corrected chi connectivity index (χ4v) is 1.66. The summed E-state index contributed by atoms with van der Waals surface area (Å²) >= 11 is 0. The predicted octanol–water partition coefficient (Wildman–Crippen LogP) is 3.11. The van der Waals surface area contributed by atoms with Gasteiger partial charge in [-0.25, -0.2) is 4.79 Å². The van der Waals surface area contributed by atoms with Gasteiger partial charge in [0.2, 0.25) is 0 Å². The highest BCUT2D eigenvalue weighted by atomic mass is 19.4. The Kier molecular flexibility index (Phi) is 5.65. The largest absolute Gasteiger partial charge is 0.573 e. The summed E-state index contributed by atoms with van der Waals surface area (Å²) in [5.74, 6) is -0.380. The molecule has 124 valence electrons. The second kappa shape index (κ2) is 6.87. The number of alkyl halides is 3. The van der Waals surface area contributed by atoms with Crippen molar-refractivity contribution in [3.63, 3.8) is 0 Å². The van der Waals surface area contributed by atoms with Crippen LogP contribution in [0.1, 0.15) is 32.4 Å². The van der Waals surface area contributed by atoms with Crippen LogP contribution in [0.5, 0.6) is 5.75 Å². The first-order valence-electron chi connectivity index (χ1n) is 6.55. The molecule has 0 saturated heterocycles. The Morgan fingerprint density at radius 1 is 1.32 bits per heavy atom. The average Bonchev–Trinajstić information content (AvgIpc) is 2.32. The Morgan fingerprint density at radius 3 is 2.45 bits per heavy atom. The third-order valence-corrected chi connectivity index (χ3v) is 2.42. The fourth-order valence-electron chi connectivity index (χ4n) is 1.66. The van der Waals surface area contributed by atoms with E-state index in [0.717, 1.165) is 6.07 Å². The first-order chi connectivity index (χ1) is 10.00. The molecule has 1 atom stereocenters. The second-order valence-corrected chi connectivity index (χ2v) is 5.55. The molecule has 0 aliphatic rings. The van der Waals surface area contributed by atoms with Crippen molar-refractivity contribution in [1.29, 1.82) is 0 Å². The normalized spacial score (nSPS) is 13.4. The molecule has 8 heteroatoms. The molecule has 0 heterocycles. The predicted molar refractivity (Wildman–Crippen MR) is 74.3 cm³/mol. The van der Waals surface area contributed by atoms with E-state index in [1.807, 2.05) is 0 Å². The summed E-state index contributed by atoms with van der Waals surface area (Å²) in [6.45, 7) is 5.08. The Hall–Kier alpha value is -1.96. The van der Waals surface area contributed by atoms with Crippen molar-refractivity contribution in [3.05, 3.63) is 29.8 Å².